The summed E-state index contributed by atoms with van der Waals surface area (Å²) in [5, 5.41) is 10.2. The van der Waals surface area contributed by atoms with E-state index in [1.807, 2.05) is 7.05 Å². The summed E-state index contributed by atoms with van der Waals surface area (Å²) >= 11 is 1.76. The lowest BCUT2D eigenvalue weighted by atomic mass is 10.0. The number of nitrogens with one attached hydrogen (secondary N) is 2. The summed E-state index contributed by atoms with van der Waals surface area (Å²) in [6.45, 7) is 7.43. The zero-order chi connectivity index (χ0) is 18.4. The van der Waals surface area contributed by atoms with Gasteiger partial charge in [-0.3, -0.25) is 4.99 Å². The Kier molecular flexibility index (Phi) is 6.50. The van der Waals surface area contributed by atoms with Crippen LogP contribution in [0.15, 0.2) is 34.6 Å². The number of nitrogens with zero attached hydrogens (tertiary/aromatic N) is 3. The van der Waals surface area contributed by atoms with E-state index in [0.717, 1.165) is 37.7 Å². The molecule has 3 rings (SSSR count). The minimum atomic E-state index is 0.212. The molecule has 140 valence electrons. The lowest BCUT2D eigenvalue weighted by Crippen LogP contribution is -2.39. The highest BCUT2D eigenvalue weighted by Gasteiger charge is 2.15. The predicted octanol–water partition coefficient (Wildman–Crippen LogP) is 3.52. The second-order valence-corrected chi connectivity index (χ2v) is 7.62. The first kappa shape index (κ1) is 18.7. The summed E-state index contributed by atoms with van der Waals surface area (Å²) in [5.74, 6) is 0.829. The lowest BCUT2D eigenvalue weighted by Gasteiger charge is -2.19. The maximum absolute atomic E-state index is 4.78. The van der Waals surface area contributed by atoms with Gasteiger partial charge in [0.2, 0.25) is 0 Å². The van der Waals surface area contributed by atoms with Crippen LogP contribution in [0.5, 0.6) is 0 Å². The van der Waals surface area contributed by atoms with E-state index in [9.17, 15) is 0 Å². The molecule has 0 bridgehead atoms. The molecule has 1 aromatic carbocycles. The smallest absolute Gasteiger partial charge is 0.191 e. The summed E-state index contributed by atoms with van der Waals surface area (Å²) in [7, 11) is 1.81. The Morgan fingerprint density at radius 3 is 2.81 bits per heavy atom. The first-order valence-corrected chi connectivity index (χ1v) is 10.3. The van der Waals surface area contributed by atoms with E-state index in [1.54, 1.807) is 11.3 Å². The van der Waals surface area contributed by atoms with E-state index in [4.69, 9.17) is 4.98 Å². The van der Waals surface area contributed by atoms with Gasteiger partial charge in [-0.2, -0.15) is 0 Å². The summed E-state index contributed by atoms with van der Waals surface area (Å²) < 4.78 is 0. The van der Waals surface area contributed by atoms with Gasteiger partial charge in [-0.25, -0.2) is 4.98 Å². The molecular formula is C20H29N5S. The van der Waals surface area contributed by atoms with E-state index in [1.165, 1.54) is 29.1 Å². The number of hydrogen-bond acceptors (Lipinski definition) is 4. The molecule has 2 heterocycles. The molecule has 0 aliphatic carbocycles. The highest BCUT2D eigenvalue weighted by atomic mass is 32.1. The molecule has 1 aliphatic rings. The van der Waals surface area contributed by atoms with Crippen molar-refractivity contribution in [1.29, 1.82) is 0 Å². The van der Waals surface area contributed by atoms with Crippen LogP contribution in [0.1, 0.15) is 42.6 Å². The number of aryl methyl sites for hydroxylation is 1. The normalized spacial score (nSPS) is 16.0. The van der Waals surface area contributed by atoms with Crippen LogP contribution in [-0.4, -0.2) is 37.6 Å². The summed E-state index contributed by atoms with van der Waals surface area (Å²) in [4.78, 5) is 11.5. The van der Waals surface area contributed by atoms with Gasteiger partial charge >= 0.3 is 0 Å². The zero-order valence-corrected chi connectivity index (χ0v) is 16.8. The van der Waals surface area contributed by atoms with Gasteiger partial charge in [-0.05, 0) is 37.8 Å². The van der Waals surface area contributed by atoms with Crippen molar-refractivity contribution in [2.45, 2.75) is 39.2 Å². The molecule has 1 unspecified atom stereocenters. The molecule has 2 aromatic rings. The molecule has 0 saturated carbocycles. The van der Waals surface area contributed by atoms with Gasteiger partial charge in [0.1, 0.15) is 0 Å². The van der Waals surface area contributed by atoms with Crippen molar-refractivity contribution in [2.75, 3.05) is 31.6 Å². The Bertz CT molecular complexity index is 733. The van der Waals surface area contributed by atoms with Crippen LogP contribution in [0.4, 0.5) is 5.13 Å². The van der Waals surface area contributed by atoms with Gasteiger partial charge in [-0.15, -0.1) is 11.3 Å². The van der Waals surface area contributed by atoms with E-state index in [-0.39, 0.29) is 6.04 Å². The number of anilines is 1. The van der Waals surface area contributed by atoms with E-state index in [2.05, 4.69) is 64.0 Å². The zero-order valence-electron chi connectivity index (χ0n) is 16.0. The van der Waals surface area contributed by atoms with E-state index < -0.39 is 0 Å². The minimum Gasteiger partial charge on any atom is -0.356 e. The van der Waals surface area contributed by atoms with Crippen LogP contribution in [0, 0.1) is 6.92 Å². The average molecular weight is 372 g/mol. The number of thiazole rings is 1. The molecule has 5 nitrogen and oxygen atoms in total. The molecule has 6 heteroatoms. The Morgan fingerprint density at radius 1 is 1.31 bits per heavy atom. The molecular weight excluding hydrogens is 342 g/mol. The largest absolute Gasteiger partial charge is 0.356 e. The van der Waals surface area contributed by atoms with Crippen LogP contribution in [-0.2, 0) is 6.42 Å². The first-order chi connectivity index (χ1) is 12.7. The predicted molar refractivity (Wildman–Crippen MR) is 111 cm³/mol. The van der Waals surface area contributed by atoms with Gasteiger partial charge in [0.15, 0.2) is 11.1 Å². The van der Waals surface area contributed by atoms with E-state index in [0.29, 0.717) is 0 Å². The summed E-state index contributed by atoms with van der Waals surface area (Å²) in [6, 6.07) is 8.67. The quantitative estimate of drug-likeness (QED) is 0.603. The molecule has 1 aromatic heterocycles. The molecule has 0 spiro atoms. The second kappa shape index (κ2) is 9.03. The third-order valence-corrected chi connectivity index (χ3v) is 5.77. The fourth-order valence-electron chi connectivity index (χ4n) is 3.32. The van der Waals surface area contributed by atoms with Crippen molar-refractivity contribution < 1.29 is 0 Å². The van der Waals surface area contributed by atoms with Crippen LogP contribution in [0.3, 0.4) is 0 Å². The molecule has 0 amide bonds. The standard InChI is InChI=1S/C20H29N5S/c1-15-8-4-5-9-18(15)16(2)23-19(21-3)22-11-10-17-14-26-20(24-17)25-12-6-7-13-25/h4-5,8-9,14,16H,6-7,10-13H2,1-3H3,(H2,21,22,23). The summed E-state index contributed by atoms with van der Waals surface area (Å²) in [6.07, 6.45) is 3.48. The van der Waals surface area contributed by atoms with Crippen molar-refractivity contribution in [1.82, 2.24) is 15.6 Å². The van der Waals surface area contributed by atoms with Gasteiger partial charge in [-0.1, -0.05) is 24.3 Å². The SMILES string of the molecule is CN=C(NCCc1csc(N2CCCC2)n1)NC(C)c1ccccc1C. The molecule has 0 radical (unpaired) electrons. The van der Waals surface area contributed by atoms with Crippen molar-refractivity contribution in [2.24, 2.45) is 4.99 Å². The number of benzene rings is 1. The van der Waals surface area contributed by atoms with Gasteiger partial charge < -0.3 is 15.5 Å². The number of rotatable bonds is 6. The number of aromatic nitrogens is 1. The van der Waals surface area contributed by atoms with Crippen molar-refractivity contribution >= 4 is 22.4 Å². The molecule has 1 atom stereocenters. The molecule has 1 fully saturated rings. The third kappa shape index (κ3) is 4.75. The average Bonchev–Trinajstić information content (AvgIpc) is 3.32. The Morgan fingerprint density at radius 2 is 2.08 bits per heavy atom. The molecule has 1 aliphatic heterocycles. The summed E-state index contributed by atoms with van der Waals surface area (Å²) in [5.41, 5.74) is 3.75. The number of aliphatic imine (C=N–C) groups is 1. The topological polar surface area (TPSA) is 52.6 Å². The van der Waals surface area contributed by atoms with Crippen LogP contribution in [0.2, 0.25) is 0 Å². The fraction of sp³-hybridized carbons (Fsp3) is 0.500. The monoisotopic (exact) mass is 371 g/mol. The minimum absolute atomic E-state index is 0.212. The molecule has 1 saturated heterocycles. The van der Waals surface area contributed by atoms with Crippen molar-refractivity contribution in [3.05, 3.63) is 46.5 Å². The number of hydrogen-bond donors (Lipinski definition) is 2. The van der Waals surface area contributed by atoms with Gasteiger partial charge in [0, 0.05) is 38.5 Å². The van der Waals surface area contributed by atoms with Gasteiger partial charge in [0.05, 0.1) is 11.7 Å². The number of guanidine groups is 1. The third-order valence-electron chi connectivity index (χ3n) is 4.82. The van der Waals surface area contributed by atoms with Crippen LogP contribution >= 0.6 is 11.3 Å². The first-order valence-electron chi connectivity index (χ1n) is 9.39. The van der Waals surface area contributed by atoms with E-state index >= 15 is 0 Å². The lowest BCUT2D eigenvalue weighted by molar-refractivity contribution is 0.679. The van der Waals surface area contributed by atoms with Gasteiger partial charge in [0.25, 0.3) is 0 Å². The fourth-order valence-corrected chi connectivity index (χ4v) is 4.24. The Balaban J connectivity index is 1.48. The molecule has 26 heavy (non-hydrogen) atoms. The Labute approximate surface area is 160 Å². The molecule has 2 N–H and O–H groups in total. The van der Waals surface area contributed by atoms with Crippen molar-refractivity contribution in [3.8, 4) is 0 Å². The van der Waals surface area contributed by atoms with Crippen LogP contribution in [0.25, 0.3) is 0 Å². The Hall–Kier alpha value is -2.08. The maximum atomic E-state index is 4.78. The highest BCUT2D eigenvalue weighted by Crippen LogP contribution is 2.24. The second-order valence-electron chi connectivity index (χ2n) is 6.79. The van der Waals surface area contributed by atoms with Crippen LogP contribution < -0.4 is 15.5 Å². The maximum Gasteiger partial charge on any atom is 0.191 e. The highest BCUT2D eigenvalue weighted by molar-refractivity contribution is 7.13. The van der Waals surface area contributed by atoms with Crippen molar-refractivity contribution in [3.63, 3.8) is 0 Å².